The molecule has 3 aromatic rings. The zero-order chi connectivity index (χ0) is 32.9. The number of rotatable bonds is 18. The molecule has 1 amide bonds. The van der Waals surface area contributed by atoms with Crippen LogP contribution in [0.15, 0.2) is 79.1 Å². The Morgan fingerprint density at radius 2 is 1.60 bits per heavy atom. The van der Waals surface area contributed by atoms with E-state index in [9.17, 15) is 4.79 Å². The Morgan fingerprint density at radius 1 is 0.915 bits per heavy atom. The molecule has 0 saturated carbocycles. The van der Waals surface area contributed by atoms with Gasteiger partial charge in [-0.3, -0.25) is 14.7 Å². The van der Waals surface area contributed by atoms with Gasteiger partial charge < -0.3 is 25.0 Å². The molecule has 0 aliphatic carbocycles. The first-order valence-corrected chi connectivity index (χ1v) is 17.7. The van der Waals surface area contributed by atoms with Gasteiger partial charge in [-0.1, -0.05) is 67.6 Å². The van der Waals surface area contributed by atoms with Crippen molar-refractivity contribution in [2.45, 2.75) is 63.5 Å². The molecule has 1 atom stereocenters. The molecule has 47 heavy (non-hydrogen) atoms. The minimum Gasteiger partial charge on any atom is -0.496 e. The summed E-state index contributed by atoms with van der Waals surface area (Å²) in [6.07, 6.45) is 10.5. The molecule has 2 fully saturated rings. The topological polar surface area (TPSA) is 84.2 Å². The van der Waals surface area contributed by atoms with Crippen molar-refractivity contribution >= 4 is 5.91 Å². The van der Waals surface area contributed by atoms with Crippen LogP contribution >= 0.6 is 0 Å². The van der Waals surface area contributed by atoms with Gasteiger partial charge in [0.2, 0.25) is 5.91 Å². The van der Waals surface area contributed by atoms with Crippen LogP contribution in [0.25, 0.3) is 0 Å². The highest BCUT2D eigenvalue weighted by atomic mass is 16.5. The predicted octanol–water partition coefficient (Wildman–Crippen LogP) is 5.36. The second-order valence-corrected chi connectivity index (χ2v) is 13.2. The first kappa shape index (κ1) is 35.0. The zero-order valence-corrected chi connectivity index (χ0v) is 28.6. The second kappa shape index (κ2) is 17.7. The van der Waals surface area contributed by atoms with Crippen molar-refractivity contribution in [3.63, 3.8) is 0 Å². The van der Waals surface area contributed by atoms with Gasteiger partial charge in [0.1, 0.15) is 11.2 Å². The van der Waals surface area contributed by atoms with E-state index in [1.54, 1.807) is 13.3 Å². The standard InChI is InChI=1S/C39H55N5O3/c1-3-21-44(36-18-24-42(25-19-36)30-32-29-41-20-16-37(32)46-2)22-10-11-27-47-28-26-43-23-17-35(31-43)39(38(40)45,33-12-6-4-7-13-33)34-14-8-5-9-15-34/h4-9,12-16,20,29,35-36H,3,10-11,17-19,21-28,30-31H2,1-2H3,(H2,40,45)/t35-/m1/s1. The number of ether oxygens (including phenoxy) is 2. The molecule has 0 unspecified atom stereocenters. The number of amides is 1. The Balaban J connectivity index is 1.03. The highest BCUT2D eigenvalue weighted by Crippen LogP contribution is 2.43. The van der Waals surface area contributed by atoms with E-state index < -0.39 is 5.41 Å². The number of benzene rings is 2. The molecule has 254 valence electrons. The molecule has 5 rings (SSSR count). The molecule has 1 aromatic heterocycles. The maximum absolute atomic E-state index is 13.3. The van der Waals surface area contributed by atoms with Crippen molar-refractivity contribution in [1.29, 1.82) is 0 Å². The molecule has 3 heterocycles. The van der Waals surface area contributed by atoms with Gasteiger partial charge in [-0.2, -0.15) is 0 Å². The number of hydrogen-bond donors (Lipinski definition) is 1. The van der Waals surface area contributed by atoms with Gasteiger partial charge in [0.15, 0.2) is 0 Å². The summed E-state index contributed by atoms with van der Waals surface area (Å²) in [4.78, 5) is 25.3. The molecule has 2 saturated heterocycles. The lowest BCUT2D eigenvalue weighted by Crippen LogP contribution is -2.49. The van der Waals surface area contributed by atoms with Gasteiger partial charge in [0, 0.05) is 50.2 Å². The first-order valence-electron chi connectivity index (χ1n) is 17.7. The van der Waals surface area contributed by atoms with Crippen LogP contribution in [0, 0.1) is 5.92 Å². The highest BCUT2D eigenvalue weighted by Gasteiger charge is 2.49. The summed E-state index contributed by atoms with van der Waals surface area (Å²) < 4.78 is 11.7. The van der Waals surface area contributed by atoms with Crippen LogP contribution in [0.4, 0.5) is 0 Å². The monoisotopic (exact) mass is 641 g/mol. The summed E-state index contributed by atoms with van der Waals surface area (Å²) in [5.41, 5.74) is 8.56. The minimum absolute atomic E-state index is 0.111. The van der Waals surface area contributed by atoms with E-state index in [1.807, 2.05) is 48.7 Å². The number of nitrogens with zero attached hydrogens (tertiary/aromatic N) is 4. The number of hydrogen-bond acceptors (Lipinski definition) is 7. The van der Waals surface area contributed by atoms with Crippen molar-refractivity contribution in [1.82, 2.24) is 19.7 Å². The summed E-state index contributed by atoms with van der Waals surface area (Å²) in [5.74, 6) is 0.767. The van der Waals surface area contributed by atoms with Gasteiger partial charge in [-0.05, 0) is 94.4 Å². The summed E-state index contributed by atoms with van der Waals surface area (Å²) in [6, 6.07) is 22.8. The third-order valence-corrected chi connectivity index (χ3v) is 10.3. The first-order chi connectivity index (χ1) is 23.1. The van der Waals surface area contributed by atoms with Crippen LogP contribution in [0.2, 0.25) is 0 Å². The number of primary amides is 1. The number of aromatic nitrogens is 1. The van der Waals surface area contributed by atoms with Crippen molar-refractivity contribution in [2.24, 2.45) is 11.7 Å². The van der Waals surface area contributed by atoms with Crippen LogP contribution < -0.4 is 10.5 Å². The normalized spacial score (nSPS) is 18.1. The number of nitrogens with two attached hydrogens (primary N) is 1. The third-order valence-electron chi connectivity index (χ3n) is 10.3. The quantitative estimate of drug-likeness (QED) is 0.187. The summed E-state index contributed by atoms with van der Waals surface area (Å²) in [6.45, 7) is 11.9. The lowest BCUT2D eigenvalue weighted by atomic mass is 9.64. The summed E-state index contributed by atoms with van der Waals surface area (Å²) in [5, 5.41) is 0. The van der Waals surface area contributed by atoms with Gasteiger partial charge in [-0.15, -0.1) is 0 Å². The van der Waals surface area contributed by atoms with Crippen LogP contribution in [-0.4, -0.2) is 97.8 Å². The molecule has 2 aliphatic heterocycles. The molecule has 2 aliphatic rings. The SMILES string of the molecule is CCCN(CCCCOCCN1CC[C@@H](C(C(N)=O)(c2ccccc2)c2ccccc2)C1)C1CCN(Cc2cnccc2OC)CC1. The van der Waals surface area contributed by atoms with Crippen molar-refractivity contribution < 1.29 is 14.3 Å². The fourth-order valence-electron chi connectivity index (χ4n) is 7.91. The van der Waals surface area contributed by atoms with Crippen LogP contribution in [0.3, 0.4) is 0 Å². The Bertz CT molecular complexity index is 1310. The predicted molar refractivity (Wildman–Crippen MR) is 188 cm³/mol. The van der Waals surface area contributed by atoms with Gasteiger partial charge in [-0.25, -0.2) is 0 Å². The zero-order valence-electron chi connectivity index (χ0n) is 28.6. The fourth-order valence-corrected chi connectivity index (χ4v) is 7.91. The van der Waals surface area contributed by atoms with E-state index in [4.69, 9.17) is 15.2 Å². The number of methoxy groups -OCH3 is 1. The molecule has 2 aromatic carbocycles. The molecule has 8 nitrogen and oxygen atoms in total. The molecule has 8 heteroatoms. The van der Waals surface area contributed by atoms with Gasteiger partial charge >= 0.3 is 0 Å². The number of carbonyl (C=O) groups is 1. The van der Waals surface area contributed by atoms with Gasteiger partial charge in [0.05, 0.1) is 13.7 Å². The molecule has 2 N–H and O–H groups in total. The molecular weight excluding hydrogens is 586 g/mol. The van der Waals surface area contributed by atoms with Crippen molar-refractivity contribution in [3.8, 4) is 5.75 Å². The van der Waals surface area contributed by atoms with Crippen LogP contribution in [-0.2, 0) is 21.5 Å². The third kappa shape index (κ3) is 8.79. The van der Waals surface area contributed by atoms with Crippen LogP contribution in [0.1, 0.15) is 62.1 Å². The fraction of sp³-hybridized carbons (Fsp3) is 0.538. The maximum Gasteiger partial charge on any atom is 0.232 e. The molecule has 0 radical (unpaired) electrons. The van der Waals surface area contributed by atoms with Gasteiger partial charge in [0.25, 0.3) is 0 Å². The summed E-state index contributed by atoms with van der Waals surface area (Å²) in [7, 11) is 1.73. The smallest absolute Gasteiger partial charge is 0.232 e. The minimum atomic E-state index is -0.841. The molecular formula is C39H55N5O3. The van der Waals surface area contributed by atoms with E-state index in [0.29, 0.717) is 12.6 Å². The van der Waals surface area contributed by atoms with Crippen LogP contribution in [0.5, 0.6) is 5.75 Å². The number of carbonyl (C=O) groups excluding carboxylic acids is 1. The van der Waals surface area contributed by atoms with E-state index in [2.05, 4.69) is 50.9 Å². The summed E-state index contributed by atoms with van der Waals surface area (Å²) >= 11 is 0. The Kier molecular flexibility index (Phi) is 13.2. The lowest BCUT2D eigenvalue weighted by Gasteiger charge is -2.38. The number of unbranched alkanes of at least 4 members (excludes halogenated alkanes) is 1. The van der Waals surface area contributed by atoms with E-state index in [1.165, 1.54) is 24.8 Å². The highest BCUT2D eigenvalue weighted by molar-refractivity contribution is 5.91. The van der Waals surface area contributed by atoms with Crippen molar-refractivity contribution in [2.75, 3.05) is 66.1 Å². The Labute approximate surface area is 282 Å². The number of pyridine rings is 1. The van der Waals surface area contributed by atoms with E-state index in [0.717, 1.165) is 95.1 Å². The van der Waals surface area contributed by atoms with E-state index in [-0.39, 0.29) is 11.8 Å². The largest absolute Gasteiger partial charge is 0.496 e. The van der Waals surface area contributed by atoms with E-state index >= 15 is 0 Å². The maximum atomic E-state index is 13.3. The molecule has 0 spiro atoms. The van der Waals surface area contributed by atoms with Crippen molar-refractivity contribution in [3.05, 3.63) is 95.8 Å². The number of piperidine rings is 1. The number of likely N-dealkylation sites (tertiary alicyclic amines) is 2. The average molecular weight is 642 g/mol. The Morgan fingerprint density at radius 3 is 2.23 bits per heavy atom. The molecule has 0 bridgehead atoms. The Hall–Kier alpha value is -3.30. The second-order valence-electron chi connectivity index (χ2n) is 13.2. The average Bonchev–Trinajstić information content (AvgIpc) is 3.58. The lowest BCUT2D eigenvalue weighted by molar-refractivity contribution is -0.123.